The number of ether oxygens (including phenoxy) is 1. The van der Waals surface area contributed by atoms with Crippen LogP contribution in [-0.2, 0) is 47.6 Å². The number of nitrogens with zero attached hydrogens (tertiary/aromatic N) is 3. The number of benzene rings is 2. The van der Waals surface area contributed by atoms with Gasteiger partial charge in [0, 0.05) is 74.0 Å². The van der Waals surface area contributed by atoms with Crippen LogP contribution in [0.3, 0.4) is 0 Å². The second-order valence-corrected chi connectivity index (χ2v) is 7.85. The van der Waals surface area contributed by atoms with Crippen LogP contribution < -0.4 is 14.5 Å². The summed E-state index contributed by atoms with van der Waals surface area (Å²) in [6, 6.07) is 15.0. The van der Waals surface area contributed by atoms with Gasteiger partial charge in [0.25, 0.3) is 0 Å². The molecule has 0 amide bonds. The molecule has 1 radical (unpaired) electrons. The predicted molar refractivity (Wildman–Crippen MR) is 114 cm³/mol. The molecule has 2 aromatic carbocycles. The smallest absolute Gasteiger partial charge is 0.343 e. The van der Waals surface area contributed by atoms with E-state index in [1.165, 1.54) is 0 Å². The third-order valence-electron chi connectivity index (χ3n) is 4.64. The Balaban J connectivity index is 0.00000280. The molecule has 0 unspecified atom stereocenters. The number of carbonyl (C=O) groups excluding carboxylic acids is 1. The number of esters is 1. The normalized spacial score (nSPS) is 14.5. The van der Waals surface area contributed by atoms with E-state index in [1.54, 1.807) is 12.1 Å². The number of hydrogen-bond acceptors (Lipinski definition) is 7. The monoisotopic (exact) mass is 598 g/mol. The number of carbonyl (C=O) groups is 1. The molecule has 1 fully saturated rings. The Kier molecular flexibility index (Phi) is 8.80. The van der Waals surface area contributed by atoms with Crippen LogP contribution in [0.25, 0.3) is 0 Å². The van der Waals surface area contributed by atoms with Crippen molar-refractivity contribution in [1.29, 1.82) is 0 Å². The number of hydrogen-bond donors (Lipinski definition) is 0. The van der Waals surface area contributed by atoms with Crippen molar-refractivity contribution >= 4 is 42.6 Å². The zero-order valence-electron chi connectivity index (χ0n) is 15.8. The summed E-state index contributed by atoms with van der Waals surface area (Å²) >= 11 is 10.3. The molecule has 5 nitrogen and oxygen atoms in total. The van der Waals surface area contributed by atoms with Crippen LogP contribution in [0, 0.1) is 0 Å². The van der Waals surface area contributed by atoms with Crippen molar-refractivity contribution in [3.05, 3.63) is 54.1 Å². The number of piperazine rings is 1. The van der Waals surface area contributed by atoms with Gasteiger partial charge in [0.2, 0.25) is 0 Å². The first kappa shape index (κ1) is 23.2. The van der Waals surface area contributed by atoms with E-state index in [0.29, 0.717) is 11.3 Å². The zero-order chi connectivity index (χ0) is 19.4. The summed E-state index contributed by atoms with van der Waals surface area (Å²) in [4.78, 5) is 18.7. The van der Waals surface area contributed by atoms with Crippen LogP contribution in [0.1, 0.15) is 10.4 Å². The SMILES string of the molecule is CN(C)c1ccc(C(=O)Oc2ccc(N3CCN(C([S-])[S-])CC3)cc2)cc1.[Au]. The summed E-state index contributed by atoms with van der Waals surface area (Å²) in [6.07, 6.45) is 0. The van der Waals surface area contributed by atoms with E-state index in [0.717, 1.165) is 37.6 Å². The van der Waals surface area contributed by atoms with Gasteiger partial charge in [-0.25, -0.2) is 9.50 Å². The average molecular weight is 599 g/mol. The second kappa shape index (κ2) is 10.6. The fourth-order valence-corrected chi connectivity index (χ4v) is 3.40. The van der Waals surface area contributed by atoms with E-state index >= 15 is 0 Å². The van der Waals surface area contributed by atoms with Crippen LogP contribution in [0.5, 0.6) is 5.75 Å². The molecule has 0 aliphatic carbocycles. The maximum atomic E-state index is 12.3. The first-order valence-corrected chi connectivity index (χ1v) is 9.78. The minimum absolute atomic E-state index is 0. The standard InChI is InChI=1S/C20H25N3O2S2.Au/c1-21(2)16-5-3-15(4-6-16)19(24)25-18-9-7-17(8-10-18)22-11-13-23(14-12-22)20(26)27;/h3-10,20,26-27H,11-14H2,1-2H3;/p-2. The van der Waals surface area contributed by atoms with E-state index in [4.69, 9.17) is 30.0 Å². The summed E-state index contributed by atoms with van der Waals surface area (Å²) in [5.74, 6) is 0.179. The molecule has 155 valence electrons. The third-order valence-corrected chi connectivity index (χ3v) is 5.24. The van der Waals surface area contributed by atoms with Crippen LogP contribution >= 0.6 is 0 Å². The van der Waals surface area contributed by atoms with Crippen LogP contribution in [0.15, 0.2) is 48.5 Å². The summed E-state index contributed by atoms with van der Waals surface area (Å²) in [7, 11) is 3.92. The first-order valence-electron chi connectivity index (χ1n) is 8.84. The number of rotatable bonds is 5. The zero-order valence-corrected chi connectivity index (χ0v) is 19.6. The van der Waals surface area contributed by atoms with Crippen molar-refractivity contribution in [2.75, 3.05) is 50.1 Å². The molecule has 0 aromatic heterocycles. The topological polar surface area (TPSA) is 36.0 Å². The summed E-state index contributed by atoms with van der Waals surface area (Å²) in [5, 5.41) is 0. The van der Waals surface area contributed by atoms with Gasteiger partial charge >= 0.3 is 5.97 Å². The van der Waals surface area contributed by atoms with E-state index < -0.39 is 0 Å². The van der Waals surface area contributed by atoms with E-state index in [-0.39, 0.29) is 33.1 Å². The van der Waals surface area contributed by atoms with Crippen molar-refractivity contribution < 1.29 is 31.9 Å². The van der Waals surface area contributed by atoms with E-state index in [9.17, 15) is 4.79 Å². The Morgan fingerprint density at radius 3 is 2.04 bits per heavy atom. The van der Waals surface area contributed by atoms with Gasteiger partial charge < -0.3 is 44.7 Å². The minimum Gasteiger partial charge on any atom is -0.800 e. The van der Waals surface area contributed by atoms with E-state index in [2.05, 4.69) is 9.80 Å². The molecule has 8 heteroatoms. The minimum atomic E-state index is -0.358. The van der Waals surface area contributed by atoms with Crippen LogP contribution in [0.2, 0.25) is 0 Å². The summed E-state index contributed by atoms with van der Waals surface area (Å²) < 4.78 is 5.25. The largest absolute Gasteiger partial charge is 0.800 e. The van der Waals surface area contributed by atoms with Crippen molar-refractivity contribution in [2.45, 2.75) is 4.71 Å². The second-order valence-electron chi connectivity index (χ2n) is 6.65. The van der Waals surface area contributed by atoms with Gasteiger partial charge in [-0.2, -0.15) is 0 Å². The van der Waals surface area contributed by atoms with Crippen molar-refractivity contribution in [3.63, 3.8) is 0 Å². The van der Waals surface area contributed by atoms with Gasteiger partial charge in [-0.05, 0) is 48.5 Å². The number of anilines is 2. The van der Waals surface area contributed by atoms with Gasteiger partial charge in [0.1, 0.15) is 5.75 Å². The first-order chi connectivity index (χ1) is 12.9. The molecule has 28 heavy (non-hydrogen) atoms. The van der Waals surface area contributed by atoms with Gasteiger partial charge in [0.15, 0.2) is 0 Å². The molecule has 0 atom stereocenters. The molecule has 1 heterocycles. The molecule has 0 spiro atoms. The summed E-state index contributed by atoms with van der Waals surface area (Å²) in [5.41, 5.74) is 2.67. The van der Waals surface area contributed by atoms with Gasteiger partial charge in [-0.3, -0.25) is 0 Å². The molecule has 2 aromatic rings. The van der Waals surface area contributed by atoms with Gasteiger partial charge in [-0.1, -0.05) is 0 Å². The molecule has 1 aliphatic heterocycles. The fraction of sp³-hybridized carbons (Fsp3) is 0.350. The van der Waals surface area contributed by atoms with Crippen molar-refractivity contribution in [1.82, 2.24) is 4.90 Å². The Hall–Kier alpha value is -1.09. The van der Waals surface area contributed by atoms with Gasteiger partial charge in [-0.15, -0.1) is 0 Å². The molecule has 1 aliphatic rings. The maximum Gasteiger partial charge on any atom is 0.343 e. The Labute approximate surface area is 193 Å². The summed E-state index contributed by atoms with van der Waals surface area (Å²) in [6.45, 7) is 3.52. The Morgan fingerprint density at radius 2 is 1.54 bits per heavy atom. The van der Waals surface area contributed by atoms with Crippen molar-refractivity contribution in [3.8, 4) is 5.75 Å². The van der Waals surface area contributed by atoms with Gasteiger partial charge in [0.05, 0.1) is 5.56 Å². The molecule has 0 bridgehead atoms. The maximum absolute atomic E-state index is 12.3. The molecule has 0 saturated carbocycles. The third kappa shape index (κ3) is 5.95. The fourth-order valence-electron chi connectivity index (χ4n) is 2.98. The van der Waals surface area contributed by atoms with E-state index in [1.807, 2.05) is 55.4 Å². The Bertz CT molecular complexity index is 762. The average Bonchev–Trinajstić information content (AvgIpc) is 2.68. The molecule has 1 saturated heterocycles. The van der Waals surface area contributed by atoms with Crippen LogP contribution in [0.4, 0.5) is 11.4 Å². The quantitative estimate of drug-likeness (QED) is 0.227. The Morgan fingerprint density at radius 1 is 0.964 bits per heavy atom. The van der Waals surface area contributed by atoms with Crippen molar-refractivity contribution in [2.24, 2.45) is 0 Å². The molecular formula is C20H23AuN3O2S2-2. The molecule has 3 rings (SSSR count). The predicted octanol–water partition coefficient (Wildman–Crippen LogP) is 2.47. The molecule has 0 N–H and O–H groups in total. The molecular weight excluding hydrogens is 575 g/mol. The van der Waals surface area contributed by atoms with Crippen LogP contribution in [-0.4, -0.2) is 55.8 Å².